The van der Waals surface area contributed by atoms with Gasteiger partial charge in [0.25, 0.3) is 0 Å². The first-order valence-electron chi connectivity index (χ1n) is 25.2. The number of hydrogen-bond donors (Lipinski definition) is 2. The predicted molar refractivity (Wildman–Crippen MR) is 320 cm³/mol. The Morgan fingerprint density at radius 3 is 1.61 bits per heavy atom. The van der Waals surface area contributed by atoms with Gasteiger partial charge in [-0.2, -0.15) is 27.0 Å². The number of benzene rings is 4. The third kappa shape index (κ3) is 12.7. The van der Waals surface area contributed by atoms with Gasteiger partial charge >= 0.3 is 18.8 Å². The van der Waals surface area contributed by atoms with E-state index in [2.05, 4.69) is 93.8 Å². The topological polar surface area (TPSA) is 157 Å². The Balaban J connectivity index is 0.000000183. The first-order valence-corrected chi connectivity index (χ1v) is 26.0. The van der Waals surface area contributed by atoms with Gasteiger partial charge in [0, 0.05) is 86.0 Å². The number of piperazine rings is 2. The van der Waals surface area contributed by atoms with Crippen LogP contribution in [0.25, 0.3) is 44.6 Å². The number of nitrogen functional groups attached to an aromatic ring is 1. The number of rotatable bonds is 6. The van der Waals surface area contributed by atoms with E-state index in [1.807, 2.05) is 74.1 Å². The summed E-state index contributed by atoms with van der Waals surface area (Å²) in [5.74, 6) is 0.992. The van der Waals surface area contributed by atoms with E-state index in [0.29, 0.717) is 52.5 Å². The molecule has 1 radical (unpaired) electrons. The van der Waals surface area contributed by atoms with Crippen LogP contribution in [0.4, 0.5) is 46.3 Å². The molecule has 8 aromatic rings. The second kappa shape index (κ2) is 25.4. The molecule has 4 aliphatic rings. The van der Waals surface area contributed by atoms with Crippen LogP contribution in [0.15, 0.2) is 73.1 Å². The molecule has 4 aromatic heterocycles. The van der Waals surface area contributed by atoms with Gasteiger partial charge in [-0.3, -0.25) is 0 Å². The van der Waals surface area contributed by atoms with Crippen molar-refractivity contribution in [2.45, 2.75) is 65.7 Å². The number of likely N-dealkylation sites (N-methyl/N-ethyl adjacent to an activating group) is 2. The van der Waals surface area contributed by atoms with Crippen LogP contribution in [0.2, 0.25) is 5.28 Å². The maximum atomic E-state index is 15.0. The van der Waals surface area contributed by atoms with E-state index >= 15 is 0 Å². The normalized spacial score (nSPS) is 16.5. The van der Waals surface area contributed by atoms with E-state index < -0.39 is 23.3 Å². The molecule has 0 saturated carbocycles. The fraction of sp³-hybridized carbons (Fsp3) is 0.370. The Bertz CT molecular complexity index is 3490. The molecule has 4 aliphatic heterocycles. The van der Waals surface area contributed by atoms with Gasteiger partial charge in [0.1, 0.15) is 58.8 Å². The number of aryl methyl sites for hydroxylation is 2. The summed E-state index contributed by atoms with van der Waals surface area (Å²) in [6.07, 6.45) is 2.07. The Labute approximate surface area is 481 Å². The molecular formula is C54H63BClF4N14O2S3. The van der Waals surface area contributed by atoms with Crippen molar-refractivity contribution in [2.24, 2.45) is 0 Å². The van der Waals surface area contributed by atoms with Crippen molar-refractivity contribution in [2.75, 3.05) is 87.4 Å². The van der Waals surface area contributed by atoms with E-state index in [-0.39, 0.29) is 72.7 Å². The van der Waals surface area contributed by atoms with Crippen LogP contribution in [-0.2, 0) is 0 Å². The minimum atomic E-state index is -0.657. The quantitative estimate of drug-likeness (QED) is 0.0701. The van der Waals surface area contributed by atoms with E-state index in [1.54, 1.807) is 19.1 Å². The number of nitrogens with one attached hydrogen (secondary N) is 1. The van der Waals surface area contributed by atoms with Crippen molar-refractivity contribution in [3.8, 4) is 34.0 Å². The standard InChI is InChI=1S/C27H29F2N7O.C15H13ClF2N4.C12H17N3O.BS.2H2S/c1-15(2)36-16(3)31-26-20(28)9-17(10-23(26)36)25-21(29)12-30-27(33-25)32-18-5-6-22-24(11-18)37-14-19-13-34(4)7-8-35(19)22;1-7(2)22-8(3)20-14-10(17)4-9(5-12(14)22)13-11(18)6-19-15(16)21-13;1-14-4-5-15-10(7-14)8-16-12-6-9(13)2-3-11(12)15;1-2;;/h5-6,9-12,15,19H,7-8,13-14H2,1-4H3,(H,30,32,33);4-7H,1-3H3;2-3,6,10H,4-5,7-8,13H2,1H3;;2*1H2/t19-;;10-;;;/m0.0.../s1. The Kier molecular flexibility index (Phi) is 19.4. The molecule has 16 nitrogen and oxygen atoms in total. The van der Waals surface area contributed by atoms with Crippen molar-refractivity contribution in [3.63, 3.8) is 0 Å². The fourth-order valence-corrected chi connectivity index (χ4v) is 10.7. The molecule has 0 unspecified atom stereocenters. The van der Waals surface area contributed by atoms with Crippen LogP contribution in [0.5, 0.6) is 11.5 Å². The first-order chi connectivity index (χ1) is 36.9. The van der Waals surface area contributed by atoms with Crippen molar-refractivity contribution in [3.05, 3.63) is 113 Å². The first kappa shape index (κ1) is 60.3. The van der Waals surface area contributed by atoms with Gasteiger partial charge in [-0.05, 0) is 116 Å². The SMILES string of the molecule is CN1CCN2c3ccc(N)cc3OC[C@@H]2C1.Cc1nc2c(F)cc(-c3nc(Cl)ncc3F)cc2n1C(C)C.Cc1nc2c(F)cc(-c3nc(Nc4ccc5c(c4)OC[C@@H]4CN(C)CCN54)ncc3F)cc2n1C(C)C.S.S.[B]=S. The zero-order valence-electron chi connectivity index (χ0n) is 45.0. The number of nitrogens with two attached hydrogens (primary N) is 1. The second-order valence-corrected chi connectivity index (χ2v) is 20.3. The zero-order valence-corrected chi connectivity index (χ0v) is 48.6. The molecule has 0 aliphatic carbocycles. The summed E-state index contributed by atoms with van der Waals surface area (Å²) in [5.41, 5.74) is 11.8. The average Bonchev–Trinajstić information content (AvgIpc) is 4.04. The van der Waals surface area contributed by atoms with Crippen molar-refractivity contribution in [1.82, 2.24) is 48.8 Å². The molecule has 0 bridgehead atoms. The van der Waals surface area contributed by atoms with Gasteiger partial charge in [0.2, 0.25) is 11.2 Å². The van der Waals surface area contributed by atoms with E-state index in [0.717, 1.165) is 86.8 Å². The number of nitrogens with zero attached hydrogens (tertiary/aromatic N) is 12. The summed E-state index contributed by atoms with van der Waals surface area (Å²) in [5, 5.41) is 3.06. The van der Waals surface area contributed by atoms with Crippen LogP contribution in [0.3, 0.4) is 0 Å². The third-order valence-corrected chi connectivity index (χ3v) is 14.1. The summed E-state index contributed by atoms with van der Waals surface area (Å²) in [6, 6.07) is 18.7. The van der Waals surface area contributed by atoms with Crippen molar-refractivity contribution in [1.29, 1.82) is 0 Å². The number of hydrogen-bond acceptors (Lipinski definition) is 15. The summed E-state index contributed by atoms with van der Waals surface area (Å²) in [7, 11) is 4.29. The molecule has 0 amide bonds. The molecule has 25 heteroatoms. The number of ether oxygens (including phenoxy) is 2. The number of halogens is 5. The Morgan fingerprint density at radius 2 is 1.10 bits per heavy atom. The number of imidazole rings is 2. The molecule has 8 heterocycles. The van der Waals surface area contributed by atoms with Crippen LogP contribution in [0, 0.1) is 37.1 Å². The van der Waals surface area contributed by atoms with Gasteiger partial charge in [0.05, 0.1) is 46.9 Å². The zero-order chi connectivity index (χ0) is 55.0. The Hall–Kier alpha value is -6.31. The number of fused-ring (bicyclic) bond motifs is 8. The Morgan fingerprint density at radius 1 is 0.633 bits per heavy atom. The molecule has 2 fully saturated rings. The average molecular weight is 1160 g/mol. The summed E-state index contributed by atoms with van der Waals surface area (Å²) in [4.78, 5) is 34.0. The minimum absolute atomic E-state index is 0. The van der Waals surface area contributed by atoms with Gasteiger partial charge in [-0.15, -0.1) is 0 Å². The van der Waals surface area contributed by atoms with Crippen LogP contribution in [-0.4, -0.2) is 134 Å². The van der Waals surface area contributed by atoms with Crippen molar-refractivity contribution >= 4 is 108 Å². The fourth-order valence-electron chi connectivity index (χ4n) is 10.6. The second-order valence-electron chi connectivity index (χ2n) is 20.0. The molecule has 0 spiro atoms. The molecule has 2 saturated heterocycles. The van der Waals surface area contributed by atoms with Crippen LogP contribution >= 0.6 is 50.6 Å². The summed E-state index contributed by atoms with van der Waals surface area (Å²) < 4.78 is 73.8. The van der Waals surface area contributed by atoms with E-state index in [1.165, 1.54) is 17.8 Å². The molecule has 12 rings (SSSR count). The van der Waals surface area contributed by atoms with E-state index in [4.69, 9.17) is 26.8 Å². The molecule has 79 heavy (non-hydrogen) atoms. The summed E-state index contributed by atoms with van der Waals surface area (Å²) >= 11 is 9.29. The molecular weight excluding hydrogens is 1100 g/mol. The third-order valence-electron chi connectivity index (χ3n) is 13.9. The van der Waals surface area contributed by atoms with Crippen LogP contribution < -0.4 is 30.3 Å². The monoisotopic (exact) mass is 1160 g/mol. The molecule has 4 aromatic carbocycles. The maximum absolute atomic E-state index is 15.0. The van der Waals surface area contributed by atoms with Gasteiger partial charge in [0.15, 0.2) is 23.3 Å². The molecule has 3 N–H and O–H groups in total. The van der Waals surface area contributed by atoms with Gasteiger partial charge in [-0.1, -0.05) is 0 Å². The number of aromatic nitrogens is 8. The van der Waals surface area contributed by atoms with E-state index in [9.17, 15) is 17.6 Å². The van der Waals surface area contributed by atoms with Gasteiger partial charge in [-0.25, -0.2) is 47.5 Å². The van der Waals surface area contributed by atoms with Crippen LogP contribution in [0.1, 0.15) is 51.4 Å². The predicted octanol–water partition coefficient (Wildman–Crippen LogP) is 10.5. The van der Waals surface area contributed by atoms with Gasteiger partial charge < -0.3 is 49.3 Å². The molecule has 417 valence electrons. The summed E-state index contributed by atoms with van der Waals surface area (Å²) in [6.45, 7) is 23.2. The number of anilines is 5. The molecule has 2 atom stereocenters. The van der Waals surface area contributed by atoms with Crippen molar-refractivity contribution < 1.29 is 27.0 Å².